The van der Waals surface area contributed by atoms with E-state index in [4.69, 9.17) is 33.2 Å². The zero-order chi connectivity index (χ0) is 51.6. The first-order valence-corrected chi connectivity index (χ1v) is 28.3. The van der Waals surface area contributed by atoms with Crippen molar-refractivity contribution in [1.29, 1.82) is 0 Å². The van der Waals surface area contributed by atoms with Crippen molar-refractivity contribution in [3.05, 3.63) is 0 Å². The highest BCUT2D eigenvalue weighted by atomic mass is 16.5. The van der Waals surface area contributed by atoms with Crippen LogP contribution >= 0.6 is 0 Å². The van der Waals surface area contributed by atoms with E-state index < -0.39 is 0 Å². The van der Waals surface area contributed by atoms with E-state index in [9.17, 15) is 0 Å². The molecule has 0 aromatic carbocycles. The van der Waals surface area contributed by atoms with Crippen LogP contribution in [0.25, 0.3) is 0 Å². The minimum Gasteiger partial charge on any atom is -0.385 e. The van der Waals surface area contributed by atoms with Gasteiger partial charge in [0.25, 0.3) is 0 Å². The van der Waals surface area contributed by atoms with Gasteiger partial charge < -0.3 is 52.8 Å². The molecule has 0 radical (unpaired) electrons. The lowest BCUT2D eigenvalue weighted by molar-refractivity contribution is 0.0828. The van der Waals surface area contributed by atoms with Gasteiger partial charge >= 0.3 is 0 Å². The average Bonchev–Trinajstić information content (AvgIpc) is 3.90. The molecule has 0 aliphatic carbocycles. The summed E-state index contributed by atoms with van der Waals surface area (Å²) in [7, 11) is 12.3. The van der Waals surface area contributed by atoms with Gasteiger partial charge in [0.15, 0.2) is 0 Å². The van der Waals surface area contributed by atoms with Crippen molar-refractivity contribution in [2.45, 2.75) is 164 Å². The second-order valence-electron chi connectivity index (χ2n) is 20.5. The van der Waals surface area contributed by atoms with Crippen LogP contribution in [0.3, 0.4) is 0 Å². The predicted octanol–water partition coefficient (Wildman–Crippen LogP) is 9.91. The Kier molecular flexibility index (Phi) is 59.2. The third-order valence-electron chi connectivity index (χ3n) is 13.6. The molecule has 0 spiro atoms. The summed E-state index contributed by atoms with van der Waals surface area (Å²) in [6.07, 6.45) is 20.1. The fourth-order valence-corrected chi connectivity index (χ4v) is 8.87. The molecule has 5 aliphatic rings. The van der Waals surface area contributed by atoms with Crippen molar-refractivity contribution in [2.75, 3.05) is 201 Å². The molecule has 13 nitrogen and oxygen atoms in total. The minimum atomic E-state index is 0. The number of methoxy groups -OCH3 is 7. The summed E-state index contributed by atoms with van der Waals surface area (Å²) in [5, 5.41) is 0. The Balaban J connectivity index is -0.000000759. The molecule has 13 heteroatoms. The van der Waals surface area contributed by atoms with Crippen molar-refractivity contribution >= 4 is 0 Å². The van der Waals surface area contributed by atoms with Crippen LogP contribution in [-0.2, 0) is 33.2 Å². The molecule has 5 aliphatic heterocycles. The summed E-state index contributed by atoms with van der Waals surface area (Å²) in [5.41, 5.74) is 0. The van der Waals surface area contributed by atoms with E-state index >= 15 is 0 Å². The third kappa shape index (κ3) is 48.4. The standard InChI is InChI=1S/C12H25NO.C10H22N2O.2C8H17NO.C7H15NO.C7H16O.C4H10O.CH4/c1-11(2)13-8-6-12(7-9-13)5-4-10-14-3;1-10(2)12-6-4-11(5-7-12)8-9-13-3;2*1-10-8-7-9-5-3-2-4-6-9;1-9-7-6-8-4-2-3-5-8;1-7(2)5-4-6-8-3;1-3-4-5-2;/h11-12H,4-10H2,1-3H3;10H,4-9H2,1-3H3;2*2-8H2,1H3;2-7H2,1H3;7H,4-6H2,1-3H3;3-4H2,1-2H3;1H4. The Morgan fingerprint density at radius 2 is 0.686 bits per heavy atom. The smallest absolute Gasteiger partial charge is 0.0589 e. The molecule has 5 heterocycles. The summed E-state index contributed by atoms with van der Waals surface area (Å²) in [6, 6.07) is 1.43. The van der Waals surface area contributed by atoms with Crippen LogP contribution in [0, 0.1) is 11.8 Å². The quantitative estimate of drug-likeness (QED) is 0.0862. The van der Waals surface area contributed by atoms with Gasteiger partial charge in [0.1, 0.15) is 0 Å². The van der Waals surface area contributed by atoms with Gasteiger partial charge in [0.2, 0.25) is 0 Å². The number of rotatable bonds is 24. The maximum absolute atomic E-state index is 5.08. The van der Waals surface area contributed by atoms with Gasteiger partial charge in [0.05, 0.1) is 26.4 Å². The van der Waals surface area contributed by atoms with Crippen LogP contribution in [0.5, 0.6) is 0 Å². The number of ether oxygens (including phenoxy) is 7. The molecule has 0 bridgehead atoms. The van der Waals surface area contributed by atoms with E-state index in [-0.39, 0.29) is 7.43 Å². The van der Waals surface area contributed by atoms with E-state index in [0.29, 0.717) is 6.04 Å². The van der Waals surface area contributed by atoms with E-state index in [1.807, 2.05) is 0 Å². The highest BCUT2D eigenvalue weighted by Gasteiger charge is 2.20. The van der Waals surface area contributed by atoms with E-state index in [1.165, 1.54) is 168 Å². The third-order valence-corrected chi connectivity index (χ3v) is 13.6. The molecule has 0 N–H and O–H groups in total. The Hall–Kier alpha value is -0.520. The van der Waals surface area contributed by atoms with Gasteiger partial charge in [-0.05, 0) is 175 Å². The summed E-state index contributed by atoms with van der Waals surface area (Å²) < 4.78 is 34.7. The van der Waals surface area contributed by atoms with Gasteiger partial charge in [-0.25, -0.2) is 0 Å². The van der Waals surface area contributed by atoms with Crippen LogP contribution < -0.4 is 0 Å². The molecular formula is C57H126N6O7. The van der Waals surface area contributed by atoms with Crippen molar-refractivity contribution in [1.82, 2.24) is 29.4 Å². The number of hydrogen-bond acceptors (Lipinski definition) is 13. The maximum atomic E-state index is 5.08. The first-order valence-electron chi connectivity index (χ1n) is 28.3. The molecule has 70 heavy (non-hydrogen) atoms. The second kappa shape index (κ2) is 56.2. The van der Waals surface area contributed by atoms with E-state index in [0.717, 1.165) is 96.7 Å². The molecule has 0 saturated carbocycles. The van der Waals surface area contributed by atoms with Crippen molar-refractivity contribution in [3.8, 4) is 0 Å². The molecule has 426 valence electrons. The Labute approximate surface area is 438 Å². The summed E-state index contributed by atoms with van der Waals surface area (Å²) >= 11 is 0. The Morgan fingerprint density at radius 3 is 0.986 bits per heavy atom. The lowest BCUT2D eigenvalue weighted by Gasteiger charge is -2.36. The molecule has 0 aromatic heterocycles. The number of hydrogen-bond donors (Lipinski definition) is 0. The fourth-order valence-electron chi connectivity index (χ4n) is 8.87. The lowest BCUT2D eigenvalue weighted by atomic mass is 9.92. The van der Waals surface area contributed by atoms with Crippen molar-refractivity contribution in [3.63, 3.8) is 0 Å². The number of piperazine rings is 1. The van der Waals surface area contributed by atoms with Gasteiger partial charge in [-0.2, -0.15) is 0 Å². The SMILES string of the molecule is C.CCCOC.COCCCC(C)C.COCCCC1CCN(C(C)C)CC1.COCCN1CCCC1.COCCN1CCCCC1.COCCN1CCCCC1.COCCN1CCN(C(C)C)CC1. The predicted molar refractivity (Wildman–Crippen MR) is 302 cm³/mol. The highest BCUT2D eigenvalue weighted by molar-refractivity contribution is 4.75. The van der Waals surface area contributed by atoms with Crippen molar-refractivity contribution < 1.29 is 33.2 Å². The summed E-state index contributed by atoms with van der Waals surface area (Å²) in [5.74, 6) is 1.78. The minimum absolute atomic E-state index is 0. The highest BCUT2D eigenvalue weighted by Crippen LogP contribution is 2.23. The Bertz CT molecular complexity index is 932. The summed E-state index contributed by atoms with van der Waals surface area (Å²) in [4.78, 5) is 15.0. The van der Waals surface area contributed by atoms with Gasteiger partial charge in [-0.3, -0.25) is 9.80 Å². The monoisotopic (exact) mass is 1010 g/mol. The van der Waals surface area contributed by atoms with E-state index in [1.54, 1.807) is 49.8 Å². The van der Waals surface area contributed by atoms with Crippen LogP contribution in [0.15, 0.2) is 0 Å². The first kappa shape index (κ1) is 73.7. The van der Waals surface area contributed by atoms with Gasteiger partial charge in [-0.15, -0.1) is 0 Å². The molecule has 0 unspecified atom stereocenters. The molecule has 0 amide bonds. The lowest BCUT2D eigenvalue weighted by Crippen LogP contribution is -2.49. The molecule has 5 rings (SSSR count). The normalized spacial score (nSPS) is 18.6. The number of nitrogens with zero attached hydrogens (tertiary/aromatic N) is 6. The zero-order valence-corrected chi connectivity index (χ0v) is 48.7. The van der Waals surface area contributed by atoms with Crippen molar-refractivity contribution in [2.24, 2.45) is 11.8 Å². The maximum Gasteiger partial charge on any atom is 0.0589 e. The molecule has 5 saturated heterocycles. The van der Waals surface area contributed by atoms with Crippen LogP contribution in [0.1, 0.15) is 152 Å². The number of likely N-dealkylation sites (tertiary alicyclic amines) is 4. The number of piperidine rings is 3. The zero-order valence-electron chi connectivity index (χ0n) is 48.7. The van der Waals surface area contributed by atoms with Crippen LogP contribution in [0.4, 0.5) is 0 Å². The van der Waals surface area contributed by atoms with Gasteiger partial charge in [-0.1, -0.05) is 41.0 Å². The molecule has 0 atom stereocenters. The average molecular weight is 1010 g/mol. The first-order chi connectivity index (χ1) is 33.5. The largest absolute Gasteiger partial charge is 0.385 e. The fraction of sp³-hybridized carbons (Fsp3) is 1.00. The molecule has 0 aromatic rings. The van der Waals surface area contributed by atoms with Crippen LogP contribution in [-0.4, -0.2) is 242 Å². The second-order valence-corrected chi connectivity index (χ2v) is 20.5. The van der Waals surface area contributed by atoms with E-state index in [2.05, 4.69) is 77.9 Å². The molecule has 5 fully saturated rings. The topological polar surface area (TPSA) is 84.0 Å². The Morgan fingerprint density at radius 1 is 0.371 bits per heavy atom. The van der Waals surface area contributed by atoms with Crippen LogP contribution in [0.2, 0.25) is 0 Å². The van der Waals surface area contributed by atoms with Gasteiger partial charge in [0, 0.05) is 134 Å². The summed E-state index contributed by atoms with van der Waals surface area (Å²) in [6.45, 7) is 41.5. The molecular weight excluding hydrogens is 881 g/mol.